The number of aromatic nitrogens is 4. The van der Waals surface area contributed by atoms with Gasteiger partial charge in [-0.3, -0.25) is 9.78 Å². The van der Waals surface area contributed by atoms with Gasteiger partial charge in [0, 0.05) is 31.3 Å². The molecule has 0 saturated carbocycles. The van der Waals surface area contributed by atoms with Crippen LogP contribution in [0.25, 0.3) is 5.65 Å². The van der Waals surface area contributed by atoms with Gasteiger partial charge in [-0.25, -0.2) is 9.50 Å². The van der Waals surface area contributed by atoms with E-state index >= 15 is 0 Å². The van der Waals surface area contributed by atoms with E-state index < -0.39 is 0 Å². The van der Waals surface area contributed by atoms with Crippen LogP contribution in [0.1, 0.15) is 15.9 Å². The zero-order valence-corrected chi connectivity index (χ0v) is 11.9. The first-order valence-corrected chi connectivity index (χ1v) is 6.69. The fourth-order valence-electron chi connectivity index (χ4n) is 1.79. The minimum Gasteiger partial charge on any atom is -0.348 e. The molecular formula is C13H10BrN5O. The summed E-state index contributed by atoms with van der Waals surface area (Å²) in [6.07, 6.45) is 8.30. The Balaban J connectivity index is 1.79. The molecule has 3 aromatic heterocycles. The summed E-state index contributed by atoms with van der Waals surface area (Å²) in [6, 6.07) is 3.73. The third-order valence-corrected chi connectivity index (χ3v) is 3.15. The molecule has 0 bridgehead atoms. The topological polar surface area (TPSA) is 72.2 Å². The Morgan fingerprint density at radius 1 is 1.35 bits per heavy atom. The van der Waals surface area contributed by atoms with Crippen LogP contribution in [0, 0.1) is 0 Å². The van der Waals surface area contributed by atoms with Crippen LogP contribution in [-0.4, -0.2) is 25.5 Å². The van der Waals surface area contributed by atoms with Crippen LogP contribution in [0.5, 0.6) is 0 Å². The lowest BCUT2D eigenvalue weighted by Crippen LogP contribution is -2.22. The first-order valence-electron chi connectivity index (χ1n) is 5.90. The van der Waals surface area contributed by atoms with E-state index in [1.165, 1.54) is 6.20 Å². The number of carbonyl (C=O) groups excluding carboxylic acids is 1. The number of halogens is 1. The van der Waals surface area contributed by atoms with Gasteiger partial charge in [-0.05, 0) is 27.6 Å². The number of hydrogen-bond donors (Lipinski definition) is 1. The van der Waals surface area contributed by atoms with Crippen molar-refractivity contribution in [2.75, 3.05) is 0 Å². The smallest absolute Gasteiger partial charge is 0.257 e. The molecule has 0 aliphatic heterocycles. The van der Waals surface area contributed by atoms with Gasteiger partial charge in [0.2, 0.25) is 0 Å². The summed E-state index contributed by atoms with van der Waals surface area (Å²) in [7, 11) is 0. The molecule has 0 saturated heterocycles. The maximum Gasteiger partial charge on any atom is 0.257 e. The summed E-state index contributed by atoms with van der Waals surface area (Å²) in [5, 5.41) is 6.93. The highest BCUT2D eigenvalue weighted by Gasteiger charge is 2.13. The number of rotatable bonds is 3. The van der Waals surface area contributed by atoms with E-state index in [1.54, 1.807) is 29.3 Å². The second-order valence-corrected chi connectivity index (χ2v) is 5.06. The van der Waals surface area contributed by atoms with Crippen molar-refractivity contribution in [2.45, 2.75) is 6.54 Å². The van der Waals surface area contributed by atoms with Gasteiger partial charge in [0.25, 0.3) is 5.91 Å². The van der Waals surface area contributed by atoms with E-state index in [2.05, 4.69) is 36.3 Å². The van der Waals surface area contributed by atoms with Gasteiger partial charge in [0.05, 0.1) is 10.7 Å². The fourth-order valence-corrected chi connectivity index (χ4v) is 2.09. The molecule has 3 rings (SSSR count). The van der Waals surface area contributed by atoms with Crippen molar-refractivity contribution in [3.8, 4) is 0 Å². The molecule has 3 heterocycles. The highest BCUT2D eigenvalue weighted by molar-refractivity contribution is 9.10. The van der Waals surface area contributed by atoms with Gasteiger partial charge in [0.1, 0.15) is 5.56 Å². The van der Waals surface area contributed by atoms with Gasteiger partial charge in [0.15, 0.2) is 5.65 Å². The molecule has 0 atom stereocenters. The molecule has 6 nitrogen and oxygen atoms in total. The average Bonchev–Trinajstić information content (AvgIpc) is 2.89. The van der Waals surface area contributed by atoms with Crippen molar-refractivity contribution in [3.05, 3.63) is 58.7 Å². The molecule has 0 aliphatic carbocycles. The molecule has 3 aromatic rings. The number of nitrogens with zero attached hydrogens (tertiary/aromatic N) is 4. The summed E-state index contributed by atoms with van der Waals surface area (Å²) in [4.78, 5) is 20.3. The maximum absolute atomic E-state index is 12.1. The lowest BCUT2D eigenvalue weighted by molar-refractivity contribution is 0.0952. The molecule has 100 valence electrons. The van der Waals surface area contributed by atoms with Gasteiger partial charge < -0.3 is 5.32 Å². The van der Waals surface area contributed by atoms with Crippen LogP contribution in [0.2, 0.25) is 0 Å². The van der Waals surface area contributed by atoms with Crippen LogP contribution < -0.4 is 5.32 Å². The van der Waals surface area contributed by atoms with Gasteiger partial charge in [-0.1, -0.05) is 6.07 Å². The quantitative estimate of drug-likeness (QED) is 0.794. The van der Waals surface area contributed by atoms with Gasteiger partial charge in [-0.2, -0.15) is 5.10 Å². The molecule has 1 amide bonds. The summed E-state index contributed by atoms with van der Waals surface area (Å²) >= 11 is 3.31. The number of hydrogen-bond acceptors (Lipinski definition) is 4. The van der Waals surface area contributed by atoms with E-state index in [-0.39, 0.29) is 5.91 Å². The molecule has 0 fully saturated rings. The molecule has 0 radical (unpaired) electrons. The SMILES string of the molecule is O=C(NCc1cccnc1)c1cnn2cc(Br)cnc12. The largest absolute Gasteiger partial charge is 0.348 e. The van der Waals surface area contributed by atoms with Crippen molar-refractivity contribution in [1.82, 2.24) is 24.9 Å². The van der Waals surface area contributed by atoms with Crippen molar-refractivity contribution in [3.63, 3.8) is 0 Å². The van der Waals surface area contributed by atoms with Crippen LogP contribution >= 0.6 is 15.9 Å². The number of fused-ring (bicyclic) bond motifs is 1. The monoisotopic (exact) mass is 331 g/mol. The summed E-state index contributed by atoms with van der Waals surface area (Å²) < 4.78 is 2.36. The Hall–Kier alpha value is -2.28. The summed E-state index contributed by atoms with van der Waals surface area (Å²) in [5.41, 5.74) is 1.91. The van der Waals surface area contributed by atoms with E-state index in [9.17, 15) is 4.79 Å². The summed E-state index contributed by atoms with van der Waals surface area (Å²) in [6.45, 7) is 0.417. The summed E-state index contributed by atoms with van der Waals surface area (Å²) in [5.74, 6) is -0.210. The molecular weight excluding hydrogens is 322 g/mol. The maximum atomic E-state index is 12.1. The first-order chi connectivity index (χ1) is 9.74. The minimum atomic E-state index is -0.210. The van der Waals surface area contributed by atoms with Crippen molar-refractivity contribution >= 4 is 27.5 Å². The Morgan fingerprint density at radius 2 is 2.25 bits per heavy atom. The Bertz CT molecular complexity index is 756. The second-order valence-electron chi connectivity index (χ2n) is 4.14. The number of pyridine rings is 1. The van der Waals surface area contributed by atoms with E-state index in [4.69, 9.17) is 0 Å². The van der Waals surface area contributed by atoms with Gasteiger partial charge in [-0.15, -0.1) is 0 Å². The van der Waals surface area contributed by atoms with Crippen LogP contribution in [0.3, 0.4) is 0 Å². The first kappa shape index (κ1) is 12.7. The van der Waals surface area contributed by atoms with E-state index in [0.29, 0.717) is 17.8 Å². The number of carbonyl (C=O) groups is 1. The predicted molar refractivity (Wildman–Crippen MR) is 76.1 cm³/mol. The van der Waals surface area contributed by atoms with E-state index in [1.807, 2.05) is 12.1 Å². The van der Waals surface area contributed by atoms with Crippen molar-refractivity contribution in [1.29, 1.82) is 0 Å². The molecule has 20 heavy (non-hydrogen) atoms. The fraction of sp³-hybridized carbons (Fsp3) is 0.0769. The molecule has 0 aliphatic rings. The lowest BCUT2D eigenvalue weighted by atomic mass is 10.2. The number of amides is 1. The molecule has 0 spiro atoms. The third kappa shape index (κ3) is 2.53. The highest BCUT2D eigenvalue weighted by atomic mass is 79.9. The molecule has 0 unspecified atom stereocenters. The molecule has 0 aromatic carbocycles. The zero-order chi connectivity index (χ0) is 13.9. The molecule has 7 heteroatoms. The Morgan fingerprint density at radius 3 is 3.05 bits per heavy atom. The third-order valence-electron chi connectivity index (χ3n) is 2.75. The van der Waals surface area contributed by atoms with Crippen LogP contribution in [0.4, 0.5) is 0 Å². The van der Waals surface area contributed by atoms with Gasteiger partial charge >= 0.3 is 0 Å². The minimum absolute atomic E-state index is 0.210. The van der Waals surface area contributed by atoms with Crippen molar-refractivity contribution in [2.24, 2.45) is 0 Å². The van der Waals surface area contributed by atoms with E-state index in [0.717, 1.165) is 10.0 Å². The number of nitrogens with one attached hydrogen (secondary N) is 1. The van der Waals surface area contributed by atoms with Crippen molar-refractivity contribution < 1.29 is 4.79 Å². The highest BCUT2D eigenvalue weighted by Crippen LogP contribution is 2.12. The van der Waals surface area contributed by atoms with Crippen LogP contribution in [-0.2, 0) is 6.54 Å². The Labute approximate surface area is 123 Å². The second kappa shape index (κ2) is 5.38. The van der Waals surface area contributed by atoms with Crippen LogP contribution in [0.15, 0.2) is 47.6 Å². The lowest BCUT2D eigenvalue weighted by Gasteiger charge is -2.03. The normalized spacial score (nSPS) is 10.7. The zero-order valence-electron chi connectivity index (χ0n) is 10.3. The predicted octanol–water partition coefficient (Wildman–Crippen LogP) is 1.82. The Kier molecular flexibility index (Phi) is 3.42. The standard InChI is InChI=1S/C13H10BrN5O/c14-10-6-16-12-11(7-18-19(12)8-10)13(20)17-5-9-2-1-3-15-4-9/h1-4,6-8H,5H2,(H,17,20). The molecule has 1 N–H and O–H groups in total. The average molecular weight is 332 g/mol.